The second-order valence-corrected chi connectivity index (χ2v) is 6.99. The summed E-state index contributed by atoms with van der Waals surface area (Å²) in [5.41, 5.74) is 0.667. The molecule has 2 amide bonds. The first kappa shape index (κ1) is 17.7. The number of nitrogens with zero attached hydrogens (tertiary/aromatic N) is 1. The standard InChI is InChI=1S/C19H27N3O3/c1-15-7-4-5-11-21(15)12-6-10-20-18(23)13-22-16-8-2-3-9-17(16)25-14-19(22)24/h2-3,8-9,15H,4-7,10-14H2,1H3,(H,20,23)/p+1/t15-/m1/s1. The first-order valence-corrected chi connectivity index (χ1v) is 9.28. The van der Waals surface area contributed by atoms with E-state index in [0.29, 0.717) is 18.0 Å². The molecule has 1 unspecified atom stereocenters. The summed E-state index contributed by atoms with van der Waals surface area (Å²) in [6, 6.07) is 8.05. The van der Waals surface area contributed by atoms with Crippen molar-refractivity contribution in [2.24, 2.45) is 0 Å². The summed E-state index contributed by atoms with van der Waals surface area (Å²) in [4.78, 5) is 27.5. The van der Waals surface area contributed by atoms with Crippen molar-refractivity contribution in [1.29, 1.82) is 0 Å². The van der Waals surface area contributed by atoms with Gasteiger partial charge >= 0.3 is 0 Å². The number of carbonyl (C=O) groups is 2. The summed E-state index contributed by atoms with van der Waals surface area (Å²) in [5, 5.41) is 2.95. The molecule has 2 N–H and O–H groups in total. The first-order valence-electron chi connectivity index (χ1n) is 9.28. The molecule has 6 heteroatoms. The van der Waals surface area contributed by atoms with Gasteiger partial charge in [-0.2, -0.15) is 0 Å². The number of ether oxygens (including phenoxy) is 1. The molecule has 6 nitrogen and oxygen atoms in total. The molecule has 0 saturated carbocycles. The van der Waals surface area contributed by atoms with Crippen LogP contribution in [0.1, 0.15) is 32.6 Å². The minimum absolute atomic E-state index is 0.0134. The van der Waals surface area contributed by atoms with Crippen LogP contribution in [0.15, 0.2) is 24.3 Å². The van der Waals surface area contributed by atoms with Crippen molar-refractivity contribution in [3.63, 3.8) is 0 Å². The van der Waals surface area contributed by atoms with Gasteiger partial charge in [-0.15, -0.1) is 0 Å². The maximum atomic E-state index is 12.2. The second kappa shape index (κ2) is 8.34. The van der Waals surface area contributed by atoms with Gasteiger partial charge in [0.2, 0.25) is 5.91 Å². The molecule has 0 aromatic heterocycles. The van der Waals surface area contributed by atoms with E-state index in [4.69, 9.17) is 4.74 Å². The molecular formula is C19H28N3O3+. The Morgan fingerprint density at radius 1 is 1.36 bits per heavy atom. The molecule has 2 atom stereocenters. The molecule has 1 saturated heterocycles. The van der Waals surface area contributed by atoms with Crippen LogP contribution in [0.4, 0.5) is 5.69 Å². The fourth-order valence-electron chi connectivity index (χ4n) is 3.69. The van der Waals surface area contributed by atoms with Crippen LogP contribution >= 0.6 is 0 Å². The number of amides is 2. The van der Waals surface area contributed by atoms with E-state index in [1.54, 1.807) is 11.0 Å². The Morgan fingerprint density at radius 2 is 2.20 bits per heavy atom. The molecule has 1 aromatic carbocycles. The zero-order valence-corrected chi connectivity index (χ0v) is 14.9. The quantitative estimate of drug-likeness (QED) is 0.732. The Bertz CT molecular complexity index is 620. The highest BCUT2D eigenvalue weighted by atomic mass is 16.5. The lowest BCUT2D eigenvalue weighted by Gasteiger charge is -2.30. The lowest BCUT2D eigenvalue weighted by molar-refractivity contribution is -0.928. The predicted molar refractivity (Wildman–Crippen MR) is 95.9 cm³/mol. The monoisotopic (exact) mass is 346 g/mol. The van der Waals surface area contributed by atoms with Gasteiger partial charge in [-0.05, 0) is 38.3 Å². The predicted octanol–water partition coefficient (Wildman–Crippen LogP) is 0.376. The van der Waals surface area contributed by atoms with Gasteiger partial charge in [0.05, 0.1) is 24.8 Å². The second-order valence-electron chi connectivity index (χ2n) is 6.99. The van der Waals surface area contributed by atoms with Crippen molar-refractivity contribution in [3.8, 4) is 5.75 Å². The Balaban J connectivity index is 1.44. The van der Waals surface area contributed by atoms with Crippen LogP contribution < -0.4 is 19.9 Å². The van der Waals surface area contributed by atoms with E-state index in [9.17, 15) is 9.59 Å². The third-order valence-corrected chi connectivity index (χ3v) is 5.19. The SMILES string of the molecule is C[C@@H]1CCCC[NH+]1CCCNC(=O)CN1C(=O)COc2ccccc21. The van der Waals surface area contributed by atoms with Crippen molar-refractivity contribution in [1.82, 2.24) is 5.32 Å². The van der Waals surface area contributed by atoms with Crippen LogP contribution in [-0.2, 0) is 9.59 Å². The number of nitrogens with one attached hydrogen (secondary N) is 2. The van der Waals surface area contributed by atoms with Crippen LogP contribution in [0.25, 0.3) is 0 Å². The summed E-state index contributed by atoms with van der Waals surface area (Å²) in [6.07, 6.45) is 4.93. The van der Waals surface area contributed by atoms with Crippen LogP contribution in [0.3, 0.4) is 0 Å². The summed E-state index contributed by atoms with van der Waals surface area (Å²) >= 11 is 0. The maximum Gasteiger partial charge on any atom is 0.265 e. The zero-order valence-electron chi connectivity index (χ0n) is 14.9. The molecule has 1 fully saturated rings. The van der Waals surface area contributed by atoms with Gasteiger partial charge in [-0.25, -0.2) is 0 Å². The van der Waals surface area contributed by atoms with Gasteiger partial charge in [0, 0.05) is 13.0 Å². The van der Waals surface area contributed by atoms with E-state index in [-0.39, 0.29) is 25.0 Å². The Morgan fingerprint density at radius 3 is 3.04 bits per heavy atom. The molecule has 1 aromatic rings. The minimum Gasteiger partial charge on any atom is -0.482 e. The Kier molecular flexibility index (Phi) is 5.91. The van der Waals surface area contributed by atoms with E-state index < -0.39 is 0 Å². The number of fused-ring (bicyclic) bond motifs is 1. The normalized spacial score (nSPS) is 22.9. The van der Waals surface area contributed by atoms with Crippen molar-refractivity contribution in [3.05, 3.63) is 24.3 Å². The molecule has 0 radical (unpaired) electrons. The number of piperidine rings is 1. The van der Waals surface area contributed by atoms with Crippen molar-refractivity contribution < 1.29 is 19.2 Å². The molecule has 136 valence electrons. The van der Waals surface area contributed by atoms with Gasteiger partial charge in [0.15, 0.2) is 6.61 Å². The molecular weight excluding hydrogens is 318 g/mol. The van der Waals surface area contributed by atoms with Gasteiger partial charge in [-0.1, -0.05) is 12.1 Å². The molecule has 0 spiro atoms. The maximum absolute atomic E-state index is 12.2. The number of hydrogen-bond donors (Lipinski definition) is 2. The summed E-state index contributed by atoms with van der Waals surface area (Å²) < 4.78 is 5.40. The van der Waals surface area contributed by atoms with Gasteiger partial charge in [0.25, 0.3) is 5.91 Å². The molecule has 2 aliphatic rings. The number of anilines is 1. The highest BCUT2D eigenvalue weighted by Gasteiger charge is 2.27. The molecule has 0 bridgehead atoms. The lowest BCUT2D eigenvalue weighted by Crippen LogP contribution is -3.16. The minimum atomic E-state index is -0.180. The van der Waals surface area contributed by atoms with Crippen LogP contribution in [-0.4, -0.2) is 50.6 Å². The number of hydrogen-bond acceptors (Lipinski definition) is 3. The summed E-state index contributed by atoms with van der Waals surface area (Å²) in [7, 11) is 0. The lowest BCUT2D eigenvalue weighted by atomic mass is 10.0. The largest absolute Gasteiger partial charge is 0.482 e. The van der Waals surface area contributed by atoms with E-state index in [1.165, 1.54) is 30.7 Å². The van der Waals surface area contributed by atoms with Gasteiger partial charge in [0.1, 0.15) is 12.3 Å². The summed E-state index contributed by atoms with van der Waals surface area (Å²) in [5.74, 6) is 0.352. The number of carbonyl (C=O) groups excluding carboxylic acids is 2. The smallest absolute Gasteiger partial charge is 0.265 e. The average molecular weight is 346 g/mol. The number of para-hydroxylation sites is 2. The zero-order chi connectivity index (χ0) is 17.6. The summed E-state index contributed by atoms with van der Waals surface area (Å²) in [6.45, 7) is 5.35. The molecule has 2 aliphatic heterocycles. The van der Waals surface area contributed by atoms with E-state index in [2.05, 4.69) is 12.2 Å². The Hall–Kier alpha value is -2.08. The number of benzene rings is 1. The highest BCUT2D eigenvalue weighted by Crippen LogP contribution is 2.31. The third kappa shape index (κ3) is 4.51. The van der Waals surface area contributed by atoms with Crippen molar-refractivity contribution in [2.45, 2.75) is 38.6 Å². The highest BCUT2D eigenvalue weighted by molar-refractivity contribution is 6.02. The molecule has 3 rings (SSSR count). The molecule has 2 heterocycles. The van der Waals surface area contributed by atoms with E-state index in [0.717, 1.165) is 19.0 Å². The van der Waals surface area contributed by atoms with Gasteiger partial charge in [-0.3, -0.25) is 14.5 Å². The van der Waals surface area contributed by atoms with Crippen molar-refractivity contribution >= 4 is 17.5 Å². The van der Waals surface area contributed by atoms with Crippen LogP contribution in [0.2, 0.25) is 0 Å². The number of likely N-dealkylation sites (tertiary alicyclic amines) is 1. The molecule has 0 aliphatic carbocycles. The number of quaternary nitrogens is 1. The topological polar surface area (TPSA) is 63.1 Å². The third-order valence-electron chi connectivity index (χ3n) is 5.19. The average Bonchev–Trinajstić information content (AvgIpc) is 2.62. The fourth-order valence-corrected chi connectivity index (χ4v) is 3.69. The van der Waals surface area contributed by atoms with E-state index in [1.807, 2.05) is 18.2 Å². The van der Waals surface area contributed by atoms with Crippen LogP contribution in [0.5, 0.6) is 5.75 Å². The number of rotatable bonds is 6. The fraction of sp³-hybridized carbons (Fsp3) is 0.579. The van der Waals surface area contributed by atoms with Gasteiger partial charge < -0.3 is 15.0 Å². The van der Waals surface area contributed by atoms with Crippen molar-refractivity contribution in [2.75, 3.05) is 37.7 Å². The van der Waals surface area contributed by atoms with Crippen LogP contribution in [0, 0.1) is 0 Å². The Labute approximate surface area is 149 Å². The van der Waals surface area contributed by atoms with E-state index >= 15 is 0 Å². The first-order chi connectivity index (χ1) is 12.1. The molecule has 25 heavy (non-hydrogen) atoms.